The first kappa shape index (κ1) is 12.6. The SMILES string of the molecule is CCCC(C)CCC(C)CCN=O. The van der Waals surface area contributed by atoms with Gasteiger partial charge in [0.25, 0.3) is 0 Å². The van der Waals surface area contributed by atoms with Crippen molar-refractivity contribution in [3.05, 3.63) is 4.91 Å². The summed E-state index contributed by atoms with van der Waals surface area (Å²) in [6, 6.07) is 0. The molecule has 0 heterocycles. The van der Waals surface area contributed by atoms with Gasteiger partial charge in [0.05, 0.1) is 6.54 Å². The Balaban J connectivity index is 3.33. The molecule has 0 aliphatic rings. The van der Waals surface area contributed by atoms with Gasteiger partial charge in [-0.15, -0.1) is 0 Å². The summed E-state index contributed by atoms with van der Waals surface area (Å²) < 4.78 is 0. The Labute approximate surface area is 82.1 Å². The zero-order valence-electron chi connectivity index (χ0n) is 9.25. The van der Waals surface area contributed by atoms with Crippen LogP contribution in [0.5, 0.6) is 0 Å². The molecular weight excluding hydrogens is 162 g/mol. The standard InChI is InChI=1S/C11H23NO/c1-4-5-10(2)6-7-11(3)8-9-12-13/h10-11H,4-9H2,1-3H3. The van der Waals surface area contributed by atoms with Gasteiger partial charge in [0.1, 0.15) is 0 Å². The van der Waals surface area contributed by atoms with E-state index in [4.69, 9.17) is 0 Å². The molecule has 2 nitrogen and oxygen atoms in total. The minimum Gasteiger partial charge on any atom is -0.151 e. The molecule has 0 rings (SSSR count). The van der Waals surface area contributed by atoms with Crippen LogP contribution in [0.15, 0.2) is 5.18 Å². The normalized spacial score (nSPS) is 15.3. The fraction of sp³-hybridized carbons (Fsp3) is 1.00. The van der Waals surface area contributed by atoms with Gasteiger partial charge in [0, 0.05) is 0 Å². The topological polar surface area (TPSA) is 29.4 Å². The molecule has 0 aliphatic carbocycles. The Morgan fingerprint density at radius 3 is 2.00 bits per heavy atom. The molecule has 2 atom stereocenters. The van der Waals surface area contributed by atoms with Gasteiger partial charge in [-0.25, -0.2) is 0 Å². The molecule has 0 spiro atoms. The van der Waals surface area contributed by atoms with Crippen LogP contribution in [0, 0.1) is 16.7 Å². The highest BCUT2D eigenvalue weighted by atomic mass is 16.3. The second-order valence-electron chi connectivity index (χ2n) is 4.22. The second-order valence-corrected chi connectivity index (χ2v) is 4.22. The van der Waals surface area contributed by atoms with E-state index in [1.807, 2.05) is 0 Å². The minimum atomic E-state index is 0.489. The van der Waals surface area contributed by atoms with E-state index >= 15 is 0 Å². The fourth-order valence-electron chi connectivity index (χ4n) is 1.62. The van der Waals surface area contributed by atoms with E-state index < -0.39 is 0 Å². The Kier molecular flexibility index (Phi) is 7.96. The van der Waals surface area contributed by atoms with Gasteiger partial charge in [0.2, 0.25) is 0 Å². The van der Waals surface area contributed by atoms with E-state index in [0.717, 1.165) is 12.3 Å². The van der Waals surface area contributed by atoms with Crippen LogP contribution in [0.1, 0.15) is 52.9 Å². The molecule has 0 saturated carbocycles. The van der Waals surface area contributed by atoms with E-state index in [0.29, 0.717) is 12.5 Å². The van der Waals surface area contributed by atoms with Crippen LogP contribution in [-0.2, 0) is 0 Å². The molecule has 0 aromatic rings. The number of nitrogens with zero attached hydrogens (tertiary/aromatic N) is 1. The smallest absolute Gasteiger partial charge is 0.0813 e. The van der Waals surface area contributed by atoms with Crippen molar-refractivity contribution in [3.63, 3.8) is 0 Å². The first-order valence-corrected chi connectivity index (χ1v) is 5.49. The highest BCUT2D eigenvalue weighted by Gasteiger charge is 2.05. The van der Waals surface area contributed by atoms with Gasteiger partial charge in [-0.05, 0) is 18.3 Å². The Bertz CT molecular complexity index is 125. The average Bonchev–Trinajstić information content (AvgIpc) is 2.12. The lowest BCUT2D eigenvalue weighted by molar-refractivity contribution is 0.398. The van der Waals surface area contributed by atoms with Crippen molar-refractivity contribution in [2.24, 2.45) is 17.0 Å². The number of hydrogen-bond donors (Lipinski definition) is 0. The minimum absolute atomic E-state index is 0.489. The maximum atomic E-state index is 9.90. The summed E-state index contributed by atoms with van der Waals surface area (Å²) in [5, 5.41) is 2.89. The molecule has 78 valence electrons. The quantitative estimate of drug-likeness (QED) is 0.526. The molecule has 0 bridgehead atoms. The van der Waals surface area contributed by atoms with Crippen LogP contribution in [0.3, 0.4) is 0 Å². The summed E-state index contributed by atoms with van der Waals surface area (Å²) in [7, 11) is 0. The third-order valence-electron chi connectivity index (χ3n) is 2.65. The maximum absolute atomic E-state index is 9.90. The molecule has 0 aromatic carbocycles. The number of rotatable bonds is 8. The third-order valence-corrected chi connectivity index (χ3v) is 2.65. The molecule has 13 heavy (non-hydrogen) atoms. The Morgan fingerprint density at radius 1 is 1.00 bits per heavy atom. The van der Waals surface area contributed by atoms with Crippen LogP contribution in [-0.4, -0.2) is 6.54 Å². The molecule has 0 radical (unpaired) electrons. The van der Waals surface area contributed by atoms with Crippen molar-refractivity contribution in [2.45, 2.75) is 52.9 Å². The lowest BCUT2D eigenvalue weighted by atomic mass is 9.93. The summed E-state index contributed by atoms with van der Waals surface area (Å²) in [6.07, 6.45) is 6.12. The van der Waals surface area contributed by atoms with Gasteiger partial charge in [0.15, 0.2) is 0 Å². The molecule has 0 amide bonds. The molecule has 0 N–H and O–H groups in total. The molecular formula is C11H23NO. The van der Waals surface area contributed by atoms with Crippen LogP contribution in [0.2, 0.25) is 0 Å². The highest BCUT2D eigenvalue weighted by Crippen LogP contribution is 2.18. The van der Waals surface area contributed by atoms with E-state index in [9.17, 15) is 4.91 Å². The largest absolute Gasteiger partial charge is 0.151 e. The van der Waals surface area contributed by atoms with Crippen molar-refractivity contribution in [3.8, 4) is 0 Å². The summed E-state index contributed by atoms with van der Waals surface area (Å²) in [6.45, 7) is 7.25. The summed E-state index contributed by atoms with van der Waals surface area (Å²) in [4.78, 5) is 9.90. The molecule has 0 saturated heterocycles. The van der Waals surface area contributed by atoms with Crippen LogP contribution >= 0.6 is 0 Å². The summed E-state index contributed by atoms with van der Waals surface area (Å²) in [5.41, 5.74) is 0. The zero-order valence-corrected chi connectivity index (χ0v) is 9.25. The summed E-state index contributed by atoms with van der Waals surface area (Å²) >= 11 is 0. The lowest BCUT2D eigenvalue weighted by Crippen LogP contribution is -2.01. The molecule has 0 fully saturated rings. The predicted molar refractivity (Wildman–Crippen MR) is 57.7 cm³/mol. The van der Waals surface area contributed by atoms with Crippen molar-refractivity contribution in [2.75, 3.05) is 6.54 Å². The number of hydrogen-bond acceptors (Lipinski definition) is 2. The predicted octanol–water partition coefficient (Wildman–Crippen LogP) is 4.00. The van der Waals surface area contributed by atoms with Crippen LogP contribution in [0.25, 0.3) is 0 Å². The van der Waals surface area contributed by atoms with Crippen molar-refractivity contribution in [1.29, 1.82) is 0 Å². The maximum Gasteiger partial charge on any atom is 0.0813 e. The zero-order chi connectivity index (χ0) is 10.1. The first-order chi connectivity index (χ1) is 6.20. The third kappa shape index (κ3) is 7.94. The summed E-state index contributed by atoms with van der Waals surface area (Å²) in [5.74, 6) is 1.51. The fourth-order valence-corrected chi connectivity index (χ4v) is 1.62. The monoisotopic (exact) mass is 185 g/mol. The van der Waals surface area contributed by atoms with Gasteiger partial charge >= 0.3 is 0 Å². The van der Waals surface area contributed by atoms with Crippen LogP contribution < -0.4 is 0 Å². The second kappa shape index (κ2) is 8.21. The van der Waals surface area contributed by atoms with Gasteiger partial charge in [-0.2, -0.15) is 4.91 Å². The van der Waals surface area contributed by atoms with E-state index in [1.165, 1.54) is 25.7 Å². The van der Waals surface area contributed by atoms with Crippen molar-refractivity contribution in [1.82, 2.24) is 0 Å². The van der Waals surface area contributed by atoms with Gasteiger partial charge < -0.3 is 0 Å². The van der Waals surface area contributed by atoms with Crippen LogP contribution in [0.4, 0.5) is 0 Å². The van der Waals surface area contributed by atoms with Crippen molar-refractivity contribution < 1.29 is 0 Å². The molecule has 2 heteroatoms. The molecule has 2 unspecified atom stereocenters. The number of nitroso groups, excluding NO2 is 1. The molecule has 0 aromatic heterocycles. The Morgan fingerprint density at radius 2 is 1.54 bits per heavy atom. The first-order valence-electron chi connectivity index (χ1n) is 5.49. The molecule has 0 aliphatic heterocycles. The van der Waals surface area contributed by atoms with E-state index in [1.54, 1.807) is 0 Å². The van der Waals surface area contributed by atoms with E-state index in [2.05, 4.69) is 25.9 Å². The average molecular weight is 185 g/mol. The van der Waals surface area contributed by atoms with Gasteiger partial charge in [-0.3, -0.25) is 0 Å². The van der Waals surface area contributed by atoms with Gasteiger partial charge in [-0.1, -0.05) is 51.6 Å². The lowest BCUT2D eigenvalue weighted by Gasteiger charge is -2.13. The van der Waals surface area contributed by atoms with E-state index in [-0.39, 0.29) is 0 Å². The Hall–Kier alpha value is -0.400. The van der Waals surface area contributed by atoms with Crippen molar-refractivity contribution >= 4 is 0 Å². The highest BCUT2D eigenvalue weighted by molar-refractivity contribution is 4.59.